The summed E-state index contributed by atoms with van der Waals surface area (Å²) >= 11 is 0. The van der Waals surface area contributed by atoms with Crippen molar-refractivity contribution in [3.63, 3.8) is 0 Å². The summed E-state index contributed by atoms with van der Waals surface area (Å²) in [7, 11) is 1.53. The molecule has 0 aromatic heterocycles. The monoisotopic (exact) mass is 316 g/mol. The van der Waals surface area contributed by atoms with E-state index in [4.69, 9.17) is 10.5 Å². The molecule has 7 nitrogen and oxygen atoms in total. The van der Waals surface area contributed by atoms with Crippen molar-refractivity contribution in [3.8, 4) is 0 Å². The van der Waals surface area contributed by atoms with Crippen molar-refractivity contribution in [1.82, 2.24) is 9.62 Å². The van der Waals surface area contributed by atoms with Crippen LogP contribution in [0.4, 0.5) is 11.4 Å². The number of nitrogens with two attached hydrogens (primary N) is 1. The molecule has 1 aromatic carbocycles. The quantitative estimate of drug-likeness (QED) is 0.562. The molecule has 0 saturated heterocycles. The van der Waals surface area contributed by atoms with E-state index in [1.54, 1.807) is 19.2 Å². The predicted molar refractivity (Wildman–Crippen MR) is 85.0 cm³/mol. The summed E-state index contributed by atoms with van der Waals surface area (Å²) in [5, 5.41) is 3.21. The van der Waals surface area contributed by atoms with Crippen LogP contribution in [0.25, 0.3) is 0 Å². The minimum absolute atomic E-state index is 0.0905. The summed E-state index contributed by atoms with van der Waals surface area (Å²) < 4.78 is 30.7. The Hall–Kier alpha value is -1.35. The average molecular weight is 316 g/mol. The smallest absolute Gasteiger partial charge is 0.242 e. The maximum Gasteiger partial charge on any atom is 0.242 e. The van der Waals surface area contributed by atoms with Gasteiger partial charge < -0.3 is 20.7 Å². The third kappa shape index (κ3) is 5.50. The summed E-state index contributed by atoms with van der Waals surface area (Å²) in [5.74, 6) is 0. The maximum atomic E-state index is 11.7. The lowest BCUT2D eigenvalue weighted by Crippen LogP contribution is -2.28. The lowest BCUT2D eigenvalue weighted by Gasteiger charge is -2.17. The van der Waals surface area contributed by atoms with E-state index in [0.29, 0.717) is 6.61 Å². The van der Waals surface area contributed by atoms with E-state index >= 15 is 0 Å². The molecule has 4 N–H and O–H groups in total. The Morgan fingerprint density at radius 3 is 2.62 bits per heavy atom. The molecule has 0 aliphatic rings. The molecule has 0 aliphatic carbocycles. The number of nitrogens with one attached hydrogen (secondary N) is 2. The molecule has 0 bridgehead atoms. The fourth-order valence-electron chi connectivity index (χ4n) is 1.76. The minimum Gasteiger partial charge on any atom is -0.398 e. The summed E-state index contributed by atoms with van der Waals surface area (Å²) in [5.41, 5.74) is 6.81. The first kappa shape index (κ1) is 17.7. The predicted octanol–water partition coefficient (Wildman–Crippen LogP) is 0.167. The molecule has 0 radical (unpaired) electrons. The van der Waals surface area contributed by atoms with Crippen molar-refractivity contribution in [2.24, 2.45) is 0 Å². The number of benzene rings is 1. The summed E-state index contributed by atoms with van der Waals surface area (Å²) in [6, 6.07) is 4.83. The van der Waals surface area contributed by atoms with E-state index in [9.17, 15) is 8.42 Å². The molecule has 0 saturated carbocycles. The van der Waals surface area contributed by atoms with Crippen molar-refractivity contribution < 1.29 is 13.2 Å². The van der Waals surface area contributed by atoms with Crippen LogP contribution >= 0.6 is 0 Å². The minimum atomic E-state index is -3.51. The van der Waals surface area contributed by atoms with Crippen molar-refractivity contribution >= 4 is 21.4 Å². The molecule has 0 atom stereocenters. The first-order valence-electron chi connectivity index (χ1n) is 6.65. The first-order valence-corrected chi connectivity index (χ1v) is 8.13. The second-order valence-electron chi connectivity index (χ2n) is 4.68. The zero-order chi connectivity index (χ0) is 15.9. The van der Waals surface area contributed by atoms with Crippen molar-refractivity contribution in [2.45, 2.75) is 4.90 Å². The zero-order valence-corrected chi connectivity index (χ0v) is 13.5. The fourth-order valence-corrected chi connectivity index (χ4v) is 2.60. The van der Waals surface area contributed by atoms with Gasteiger partial charge in [0.05, 0.1) is 12.3 Å². The Morgan fingerprint density at radius 1 is 1.33 bits per heavy atom. The Kier molecular flexibility index (Phi) is 6.90. The average Bonchev–Trinajstić information content (AvgIpc) is 2.45. The van der Waals surface area contributed by atoms with Gasteiger partial charge in [0.2, 0.25) is 10.0 Å². The number of sulfonamides is 1. The molecule has 0 unspecified atom stereocenters. The normalized spacial score (nSPS) is 11.8. The van der Waals surface area contributed by atoms with Crippen LogP contribution < -0.4 is 15.8 Å². The number of methoxy groups -OCH3 is 1. The van der Waals surface area contributed by atoms with Gasteiger partial charge in [0.15, 0.2) is 0 Å². The molecule has 21 heavy (non-hydrogen) atoms. The molecular formula is C13H24N4O3S. The van der Waals surface area contributed by atoms with Gasteiger partial charge in [0.25, 0.3) is 0 Å². The van der Waals surface area contributed by atoms with Crippen LogP contribution in [0, 0.1) is 0 Å². The van der Waals surface area contributed by atoms with Gasteiger partial charge in [-0.25, -0.2) is 13.1 Å². The lowest BCUT2D eigenvalue weighted by molar-refractivity contribution is 0.163. The Bertz CT molecular complexity index is 548. The molecule has 1 rings (SSSR count). The molecule has 0 spiro atoms. The van der Waals surface area contributed by atoms with Gasteiger partial charge in [-0.15, -0.1) is 0 Å². The van der Waals surface area contributed by atoms with Crippen LogP contribution in [0.15, 0.2) is 23.1 Å². The Labute approximate surface area is 126 Å². The highest BCUT2D eigenvalue weighted by molar-refractivity contribution is 7.89. The second kappa shape index (κ2) is 8.18. The van der Waals surface area contributed by atoms with Gasteiger partial charge in [-0.05, 0) is 32.3 Å². The third-order valence-electron chi connectivity index (χ3n) is 3.07. The van der Waals surface area contributed by atoms with Crippen LogP contribution in [0.3, 0.4) is 0 Å². The van der Waals surface area contributed by atoms with E-state index in [2.05, 4.69) is 14.9 Å². The molecule has 0 aliphatic heterocycles. The number of rotatable bonds is 9. The standard InChI is InChI=1S/C13H24N4O3S/c1-15-21(18,19)13-5-4-11(10-12(13)14)16-6-7-17(2)8-9-20-3/h4-5,10,15-16H,6-9,14H2,1-3H3. The summed E-state index contributed by atoms with van der Waals surface area (Å²) in [6.45, 7) is 3.14. The van der Waals surface area contributed by atoms with E-state index in [0.717, 1.165) is 25.3 Å². The zero-order valence-electron chi connectivity index (χ0n) is 12.7. The van der Waals surface area contributed by atoms with Crippen molar-refractivity contribution in [1.29, 1.82) is 0 Å². The van der Waals surface area contributed by atoms with Crippen LogP contribution in [0.5, 0.6) is 0 Å². The molecular weight excluding hydrogens is 292 g/mol. The van der Waals surface area contributed by atoms with Gasteiger partial charge in [0.1, 0.15) is 4.90 Å². The van der Waals surface area contributed by atoms with E-state index < -0.39 is 10.0 Å². The third-order valence-corrected chi connectivity index (χ3v) is 4.56. The van der Waals surface area contributed by atoms with Gasteiger partial charge in [-0.1, -0.05) is 0 Å². The van der Waals surface area contributed by atoms with E-state index in [-0.39, 0.29) is 10.6 Å². The Balaban J connectivity index is 2.57. The fraction of sp³-hybridized carbons (Fsp3) is 0.538. The van der Waals surface area contributed by atoms with Crippen molar-refractivity contribution in [3.05, 3.63) is 18.2 Å². The largest absolute Gasteiger partial charge is 0.398 e. The maximum absolute atomic E-state index is 11.7. The summed E-state index contributed by atoms with van der Waals surface area (Å²) in [4.78, 5) is 2.23. The van der Waals surface area contributed by atoms with Crippen LogP contribution in [0.1, 0.15) is 0 Å². The highest BCUT2D eigenvalue weighted by Gasteiger charge is 2.15. The highest BCUT2D eigenvalue weighted by atomic mass is 32.2. The topological polar surface area (TPSA) is 96.7 Å². The second-order valence-corrected chi connectivity index (χ2v) is 6.54. The van der Waals surface area contributed by atoms with Crippen LogP contribution in [-0.4, -0.2) is 60.8 Å². The number of nitrogen functional groups attached to an aromatic ring is 1. The number of nitrogens with zero attached hydrogens (tertiary/aromatic N) is 1. The van der Waals surface area contributed by atoms with Crippen LogP contribution in [0.2, 0.25) is 0 Å². The molecule has 120 valence electrons. The number of hydrogen-bond donors (Lipinski definition) is 3. The van der Waals surface area contributed by atoms with E-state index in [1.165, 1.54) is 13.1 Å². The first-order chi connectivity index (χ1) is 9.90. The molecule has 0 heterocycles. The van der Waals surface area contributed by atoms with E-state index in [1.807, 2.05) is 7.05 Å². The van der Waals surface area contributed by atoms with Gasteiger partial charge in [-0.3, -0.25) is 0 Å². The molecule has 1 aromatic rings. The molecule has 0 amide bonds. The molecule has 8 heteroatoms. The van der Waals surface area contributed by atoms with Gasteiger partial charge in [0, 0.05) is 32.4 Å². The number of hydrogen-bond acceptors (Lipinski definition) is 6. The lowest BCUT2D eigenvalue weighted by atomic mass is 10.3. The van der Waals surface area contributed by atoms with Crippen LogP contribution in [-0.2, 0) is 14.8 Å². The number of likely N-dealkylation sites (N-methyl/N-ethyl adjacent to an activating group) is 1. The highest BCUT2D eigenvalue weighted by Crippen LogP contribution is 2.21. The Morgan fingerprint density at radius 2 is 2.05 bits per heavy atom. The van der Waals surface area contributed by atoms with Gasteiger partial charge in [-0.2, -0.15) is 0 Å². The number of ether oxygens (including phenoxy) is 1. The summed E-state index contributed by atoms with van der Waals surface area (Å²) in [6.07, 6.45) is 0. The SMILES string of the molecule is CNS(=O)(=O)c1ccc(NCCN(C)CCOC)cc1N. The van der Waals surface area contributed by atoms with Gasteiger partial charge >= 0.3 is 0 Å². The molecule has 0 fully saturated rings. The van der Waals surface area contributed by atoms with Crippen molar-refractivity contribution in [2.75, 3.05) is 58.5 Å². The number of anilines is 2.